The highest BCUT2D eigenvalue weighted by Gasteiger charge is 2.29. The molecular weight excluding hydrogens is 272 g/mol. The lowest BCUT2D eigenvalue weighted by molar-refractivity contribution is 0.206. The number of benzene rings is 1. The Morgan fingerprint density at radius 2 is 2.05 bits per heavy atom. The van der Waals surface area contributed by atoms with Gasteiger partial charge in [0.15, 0.2) is 5.76 Å². The Morgan fingerprint density at radius 3 is 2.73 bits per heavy atom. The fraction of sp³-hybridized carbons (Fsp3) is 0.526. The van der Waals surface area contributed by atoms with Crippen molar-refractivity contribution in [2.45, 2.75) is 59.0 Å². The molecule has 22 heavy (non-hydrogen) atoms. The highest BCUT2D eigenvalue weighted by molar-refractivity contribution is 5.30. The summed E-state index contributed by atoms with van der Waals surface area (Å²) in [7, 11) is 0. The molecule has 1 aromatic carbocycles. The maximum Gasteiger partial charge on any atom is 0.154 e. The van der Waals surface area contributed by atoms with Crippen LogP contribution in [-0.4, -0.2) is 16.6 Å². The summed E-state index contributed by atoms with van der Waals surface area (Å²) in [5.41, 5.74) is 5.18. The van der Waals surface area contributed by atoms with Crippen molar-refractivity contribution in [1.82, 2.24) is 10.1 Å². The molecule has 1 saturated heterocycles. The molecule has 0 radical (unpaired) electrons. The topological polar surface area (TPSA) is 29.3 Å². The average Bonchev–Trinajstić information content (AvgIpc) is 3.11. The van der Waals surface area contributed by atoms with Crippen molar-refractivity contribution in [3.8, 4) is 0 Å². The maximum atomic E-state index is 5.63. The van der Waals surface area contributed by atoms with Gasteiger partial charge in [0.05, 0.1) is 11.7 Å². The lowest BCUT2D eigenvalue weighted by Gasteiger charge is -2.22. The van der Waals surface area contributed by atoms with Crippen molar-refractivity contribution in [1.29, 1.82) is 0 Å². The van der Waals surface area contributed by atoms with Gasteiger partial charge >= 0.3 is 0 Å². The van der Waals surface area contributed by atoms with Crippen LogP contribution in [-0.2, 0) is 6.54 Å². The summed E-state index contributed by atoms with van der Waals surface area (Å²) in [6.07, 6.45) is 2.39. The first-order valence-corrected chi connectivity index (χ1v) is 8.31. The molecule has 0 unspecified atom stereocenters. The predicted octanol–water partition coefficient (Wildman–Crippen LogP) is 4.75. The number of rotatable bonds is 4. The van der Waals surface area contributed by atoms with E-state index in [1.807, 2.05) is 0 Å². The van der Waals surface area contributed by atoms with Crippen LogP contribution in [0.1, 0.15) is 66.8 Å². The molecule has 0 bridgehead atoms. The van der Waals surface area contributed by atoms with Gasteiger partial charge in [-0.25, -0.2) is 0 Å². The van der Waals surface area contributed by atoms with Crippen LogP contribution in [0.5, 0.6) is 0 Å². The first-order valence-electron chi connectivity index (χ1n) is 8.31. The van der Waals surface area contributed by atoms with Gasteiger partial charge in [-0.3, -0.25) is 4.90 Å². The summed E-state index contributed by atoms with van der Waals surface area (Å²) in [6, 6.07) is 9.30. The summed E-state index contributed by atoms with van der Waals surface area (Å²) in [5.74, 6) is 1.46. The lowest BCUT2D eigenvalue weighted by Crippen LogP contribution is -2.22. The zero-order valence-electron chi connectivity index (χ0n) is 14.1. The van der Waals surface area contributed by atoms with Crippen LogP contribution >= 0.6 is 0 Å². The van der Waals surface area contributed by atoms with Crippen molar-refractivity contribution >= 4 is 0 Å². The zero-order chi connectivity index (χ0) is 15.7. The Morgan fingerprint density at radius 1 is 1.23 bits per heavy atom. The second-order valence-electron chi connectivity index (χ2n) is 6.86. The van der Waals surface area contributed by atoms with Crippen molar-refractivity contribution < 1.29 is 4.52 Å². The van der Waals surface area contributed by atoms with Gasteiger partial charge in [-0.15, -0.1) is 0 Å². The standard InChI is InChI=1S/C19H26N2O/c1-13(2)17-11-19(22-20-17)18-6-5-9-21(18)12-16-8-7-14(3)15(4)10-16/h7-8,10-11,13,18H,5-6,9,12H2,1-4H3/t18-/m1/s1. The van der Waals surface area contributed by atoms with Crippen LogP contribution < -0.4 is 0 Å². The molecule has 1 aliphatic heterocycles. The Bertz CT molecular complexity index is 645. The third kappa shape index (κ3) is 3.09. The molecule has 2 heterocycles. The Labute approximate surface area is 133 Å². The van der Waals surface area contributed by atoms with E-state index in [1.54, 1.807) is 0 Å². The third-order valence-corrected chi connectivity index (χ3v) is 4.79. The summed E-state index contributed by atoms with van der Waals surface area (Å²) in [4.78, 5) is 2.52. The molecule has 1 fully saturated rings. The molecule has 0 N–H and O–H groups in total. The third-order valence-electron chi connectivity index (χ3n) is 4.79. The van der Waals surface area contributed by atoms with Gasteiger partial charge in [-0.1, -0.05) is 37.2 Å². The minimum absolute atomic E-state index is 0.376. The smallest absolute Gasteiger partial charge is 0.154 e. The van der Waals surface area contributed by atoms with E-state index in [9.17, 15) is 0 Å². The fourth-order valence-corrected chi connectivity index (χ4v) is 3.21. The molecule has 1 aliphatic rings. The number of nitrogens with zero attached hydrogens (tertiary/aromatic N) is 2. The molecular formula is C19H26N2O. The van der Waals surface area contributed by atoms with Gasteiger partial charge in [0, 0.05) is 12.6 Å². The Kier molecular flexibility index (Phi) is 4.34. The van der Waals surface area contributed by atoms with E-state index >= 15 is 0 Å². The largest absolute Gasteiger partial charge is 0.359 e. The number of likely N-dealkylation sites (tertiary alicyclic amines) is 1. The molecule has 2 aromatic rings. The predicted molar refractivity (Wildman–Crippen MR) is 88.9 cm³/mol. The van der Waals surface area contributed by atoms with Crippen molar-refractivity contribution in [3.05, 3.63) is 52.4 Å². The monoisotopic (exact) mass is 298 g/mol. The van der Waals surface area contributed by atoms with Crippen LogP contribution in [0.3, 0.4) is 0 Å². The summed E-state index contributed by atoms with van der Waals surface area (Å²) in [5, 5.41) is 4.23. The summed E-state index contributed by atoms with van der Waals surface area (Å²) in [6.45, 7) is 10.8. The van der Waals surface area contributed by atoms with Gasteiger partial charge in [0.25, 0.3) is 0 Å². The molecule has 3 heteroatoms. The molecule has 0 amide bonds. The lowest BCUT2D eigenvalue weighted by atomic mass is 10.0. The molecule has 1 aromatic heterocycles. The molecule has 3 nitrogen and oxygen atoms in total. The Balaban J connectivity index is 1.76. The maximum absolute atomic E-state index is 5.63. The first kappa shape index (κ1) is 15.3. The van der Waals surface area contributed by atoms with Crippen molar-refractivity contribution in [2.75, 3.05) is 6.54 Å². The van der Waals surface area contributed by atoms with E-state index in [2.05, 4.69) is 62.0 Å². The van der Waals surface area contributed by atoms with Gasteiger partial charge < -0.3 is 4.52 Å². The van der Waals surface area contributed by atoms with Gasteiger partial charge in [-0.2, -0.15) is 0 Å². The quantitative estimate of drug-likeness (QED) is 0.815. The highest BCUT2D eigenvalue weighted by atomic mass is 16.5. The van der Waals surface area contributed by atoms with E-state index in [0.717, 1.165) is 31.0 Å². The number of aromatic nitrogens is 1. The van der Waals surface area contributed by atoms with Gasteiger partial charge in [-0.05, 0) is 55.8 Å². The van der Waals surface area contributed by atoms with Gasteiger partial charge in [0.2, 0.25) is 0 Å². The second-order valence-corrected chi connectivity index (χ2v) is 6.86. The first-order chi connectivity index (χ1) is 10.5. The van der Waals surface area contributed by atoms with Crippen LogP contribution in [0.4, 0.5) is 0 Å². The minimum Gasteiger partial charge on any atom is -0.359 e. The highest BCUT2D eigenvalue weighted by Crippen LogP contribution is 2.34. The second kappa shape index (κ2) is 6.25. The zero-order valence-corrected chi connectivity index (χ0v) is 14.1. The number of aryl methyl sites for hydroxylation is 2. The molecule has 0 saturated carbocycles. The molecule has 118 valence electrons. The number of hydrogen-bond acceptors (Lipinski definition) is 3. The van der Waals surface area contributed by atoms with E-state index in [-0.39, 0.29) is 0 Å². The van der Waals surface area contributed by atoms with E-state index in [0.29, 0.717) is 12.0 Å². The van der Waals surface area contributed by atoms with E-state index in [1.165, 1.54) is 23.1 Å². The minimum atomic E-state index is 0.376. The van der Waals surface area contributed by atoms with Crippen LogP contribution in [0.15, 0.2) is 28.8 Å². The van der Waals surface area contributed by atoms with E-state index in [4.69, 9.17) is 4.52 Å². The molecule has 3 rings (SSSR count). The van der Waals surface area contributed by atoms with Gasteiger partial charge in [0.1, 0.15) is 0 Å². The van der Waals surface area contributed by atoms with Crippen LogP contribution in [0, 0.1) is 13.8 Å². The Hall–Kier alpha value is -1.61. The van der Waals surface area contributed by atoms with Crippen LogP contribution in [0.25, 0.3) is 0 Å². The molecule has 0 aliphatic carbocycles. The van der Waals surface area contributed by atoms with Crippen molar-refractivity contribution in [3.63, 3.8) is 0 Å². The number of hydrogen-bond donors (Lipinski definition) is 0. The SMILES string of the molecule is Cc1ccc(CN2CCC[C@@H]2c2cc(C(C)C)no2)cc1C. The summed E-state index contributed by atoms with van der Waals surface area (Å²) < 4.78 is 5.63. The molecule has 0 spiro atoms. The fourth-order valence-electron chi connectivity index (χ4n) is 3.21. The normalized spacial score (nSPS) is 19.2. The average molecular weight is 298 g/mol. The molecule has 1 atom stereocenters. The summed E-state index contributed by atoms with van der Waals surface area (Å²) >= 11 is 0. The van der Waals surface area contributed by atoms with Crippen LogP contribution in [0.2, 0.25) is 0 Å². The van der Waals surface area contributed by atoms with E-state index < -0.39 is 0 Å². The van der Waals surface area contributed by atoms with Crippen molar-refractivity contribution in [2.24, 2.45) is 0 Å².